The summed E-state index contributed by atoms with van der Waals surface area (Å²) in [6.07, 6.45) is 0.505. The van der Waals surface area contributed by atoms with Crippen LogP contribution in [0.5, 0.6) is 5.75 Å². The number of benzene rings is 2. The van der Waals surface area contributed by atoms with Crippen LogP contribution in [0.4, 0.5) is 0 Å². The van der Waals surface area contributed by atoms with Gasteiger partial charge in [0.05, 0.1) is 12.5 Å². The highest BCUT2D eigenvalue weighted by atomic mass is 16.4. The maximum atomic E-state index is 13.4. The van der Waals surface area contributed by atoms with E-state index in [0.29, 0.717) is 30.5 Å². The Morgan fingerprint density at radius 1 is 0.707 bits per heavy atom. The summed E-state index contributed by atoms with van der Waals surface area (Å²) in [7, 11) is 0. The summed E-state index contributed by atoms with van der Waals surface area (Å²) < 4.78 is 0. The maximum absolute atomic E-state index is 13.4. The van der Waals surface area contributed by atoms with E-state index >= 15 is 0 Å². The second-order valence-electron chi connectivity index (χ2n) is 9.57. The average molecular weight is 572 g/mol. The second kappa shape index (κ2) is 16.6. The van der Waals surface area contributed by atoms with E-state index in [9.17, 15) is 34.2 Å². The van der Waals surface area contributed by atoms with Gasteiger partial charge in [-0.05, 0) is 55.5 Å². The Hall–Kier alpha value is -4.49. The van der Waals surface area contributed by atoms with Crippen molar-refractivity contribution in [1.29, 1.82) is 0 Å². The molecule has 0 saturated carbocycles. The summed E-state index contributed by atoms with van der Waals surface area (Å²) in [6.45, 7) is 0.363. The number of unbranched alkanes of at least 4 members (excludes halogenated alkanes) is 1. The van der Waals surface area contributed by atoms with Crippen molar-refractivity contribution in [3.63, 3.8) is 0 Å². The highest BCUT2D eigenvalue weighted by Crippen LogP contribution is 2.12. The zero-order valence-corrected chi connectivity index (χ0v) is 22.5. The van der Waals surface area contributed by atoms with E-state index in [2.05, 4.69) is 16.0 Å². The predicted molar refractivity (Wildman–Crippen MR) is 149 cm³/mol. The molecule has 4 atom stereocenters. The molecule has 13 heteroatoms. The van der Waals surface area contributed by atoms with E-state index in [1.165, 1.54) is 12.1 Å². The van der Waals surface area contributed by atoms with Gasteiger partial charge in [0.15, 0.2) is 0 Å². The van der Waals surface area contributed by atoms with Crippen molar-refractivity contribution in [3.05, 3.63) is 65.7 Å². The number of carboxylic acids is 2. The maximum Gasteiger partial charge on any atom is 0.326 e. The average Bonchev–Trinajstić information content (AvgIpc) is 2.93. The molecule has 10 N–H and O–H groups in total. The zero-order chi connectivity index (χ0) is 30.4. The number of hydrogen-bond donors (Lipinski definition) is 8. The summed E-state index contributed by atoms with van der Waals surface area (Å²) in [6, 6.07) is 9.71. The number of phenols is 1. The number of rotatable bonds is 17. The van der Waals surface area contributed by atoms with Crippen LogP contribution < -0.4 is 27.4 Å². The molecule has 0 aliphatic heterocycles. The normalized spacial score (nSPS) is 13.7. The molecule has 0 aliphatic rings. The first kappa shape index (κ1) is 32.7. The molecule has 0 aromatic heterocycles. The minimum Gasteiger partial charge on any atom is -0.508 e. The number of carbonyl (C=O) groups is 5. The number of nitrogens with one attached hydrogen (secondary N) is 3. The first-order chi connectivity index (χ1) is 19.5. The Bertz CT molecular complexity index is 1180. The van der Waals surface area contributed by atoms with Crippen LogP contribution in [0.3, 0.4) is 0 Å². The van der Waals surface area contributed by atoms with Crippen LogP contribution in [0.25, 0.3) is 0 Å². The largest absolute Gasteiger partial charge is 0.508 e. The van der Waals surface area contributed by atoms with E-state index in [1.807, 2.05) is 0 Å². The van der Waals surface area contributed by atoms with Crippen LogP contribution in [0, 0.1) is 0 Å². The third-order valence-electron chi connectivity index (χ3n) is 6.22. The van der Waals surface area contributed by atoms with Crippen LogP contribution in [0.2, 0.25) is 0 Å². The quantitative estimate of drug-likeness (QED) is 0.115. The Morgan fingerprint density at radius 3 is 1.85 bits per heavy atom. The lowest BCUT2D eigenvalue weighted by Gasteiger charge is -2.25. The zero-order valence-electron chi connectivity index (χ0n) is 22.5. The Morgan fingerprint density at radius 2 is 1.27 bits per heavy atom. The monoisotopic (exact) mass is 571 g/mol. The van der Waals surface area contributed by atoms with E-state index in [4.69, 9.17) is 16.6 Å². The third kappa shape index (κ3) is 11.6. The van der Waals surface area contributed by atoms with Gasteiger partial charge in [0.2, 0.25) is 17.7 Å². The summed E-state index contributed by atoms with van der Waals surface area (Å²) in [5.74, 6) is -5.11. The highest BCUT2D eigenvalue weighted by Gasteiger charge is 2.31. The van der Waals surface area contributed by atoms with Gasteiger partial charge in [-0.1, -0.05) is 42.5 Å². The van der Waals surface area contributed by atoms with Gasteiger partial charge >= 0.3 is 11.9 Å². The van der Waals surface area contributed by atoms with Gasteiger partial charge in [-0.3, -0.25) is 19.2 Å². The molecule has 0 fully saturated rings. The van der Waals surface area contributed by atoms with Crippen LogP contribution in [0.1, 0.15) is 36.8 Å². The smallest absolute Gasteiger partial charge is 0.326 e. The lowest BCUT2D eigenvalue weighted by atomic mass is 10.0. The molecule has 0 bridgehead atoms. The summed E-state index contributed by atoms with van der Waals surface area (Å²) in [5.41, 5.74) is 13.0. The summed E-state index contributed by atoms with van der Waals surface area (Å²) in [5, 5.41) is 35.2. The fourth-order valence-electron chi connectivity index (χ4n) is 4.00. The van der Waals surface area contributed by atoms with E-state index in [0.717, 1.165) is 0 Å². The predicted octanol–water partition coefficient (Wildman–Crippen LogP) is -0.353. The van der Waals surface area contributed by atoms with Gasteiger partial charge in [-0.15, -0.1) is 0 Å². The summed E-state index contributed by atoms with van der Waals surface area (Å²) >= 11 is 0. The Balaban J connectivity index is 2.21. The molecular weight excluding hydrogens is 534 g/mol. The Kier molecular flexibility index (Phi) is 13.2. The van der Waals surface area contributed by atoms with Crippen LogP contribution in [0.15, 0.2) is 54.6 Å². The first-order valence-corrected chi connectivity index (χ1v) is 13.1. The van der Waals surface area contributed by atoms with Crippen molar-refractivity contribution in [2.24, 2.45) is 11.5 Å². The molecule has 0 heterocycles. The van der Waals surface area contributed by atoms with Crippen molar-refractivity contribution < 1.29 is 39.3 Å². The minimum absolute atomic E-state index is 0.0261. The van der Waals surface area contributed by atoms with Crippen molar-refractivity contribution in [2.45, 2.75) is 62.7 Å². The second-order valence-corrected chi connectivity index (χ2v) is 9.57. The molecule has 0 spiro atoms. The fourth-order valence-corrected chi connectivity index (χ4v) is 4.00. The number of hydrogen-bond acceptors (Lipinski definition) is 8. The minimum atomic E-state index is -1.71. The third-order valence-corrected chi connectivity index (χ3v) is 6.22. The molecule has 3 amide bonds. The molecule has 0 saturated heterocycles. The van der Waals surface area contributed by atoms with Crippen molar-refractivity contribution in [2.75, 3.05) is 6.54 Å². The lowest BCUT2D eigenvalue weighted by molar-refractivity contribution is -0.147. The Labute approximate surface area is 237 Å². The molecular formula is C28H37N5O8. The van der Waals surface area contributed by atoms with E-state index in [-0.39, 0.29) is 25.0 Å². The topological polar surface area (TPSA) is 234 Å². The van der Waals surface area contributed by atoms with Gasteiger partial charge < -0.3 is 42.7 Å². The number of nitrogens with two attached hydrogens (primary N) is 2. The fraction of sp³-hybridized carbons (Fsp3) is 0.393. The molecule has 0 radical (unpaired) electrons. The van der Waals surface area contributed by atoms with Crippen molar-refractivity contribution in [3.8, 4) is 5.75 Å². The standard InChI is InChI=1S/C28H37N5O8/c29-13-5-4-8-21(31-25(37)20(30)14-18-9-11-19(34)12-10-18)26(38)32-22(15-17-6-2-1-3-7-17)27(39)33-23(28(40)41)16-24(35)36/h1-3,6-7,9-12,20-23,34H,4-5,8,13-16,29-30H2,(H,31,37)(H,32,38)(H,33,39)(H,35,36)(H,40,41). The number of aromatic hydroxyl groups is 1. The lowest BCUT2D eigenvalue weighted by Crippen LogP contribution is -2.58. The van der Waals surface area contributed by atoms with Crippen LogP contribution >= 0.6 is 0 Å². The number of phenolic OH excluding ortho intramolecular Hbond substituents is 1. The molecule has 4 unspecified atom stereocenters. The van der Waals surface area contributed by atoms with Crippen molar-refractivity contribution in [1.82, 2.24) is 16.0 Å². The van der Waals surface area contributed by atoms with Gasteiger partial charge in [0.1, 0.15) is 23.9 Å². The molecule has 2 aromatic rings. The molecule has 0 aliphatic carbocycles. The van der Waals surface area contributed by atoms with Gasteiger partial charge in [0.25, 0.3) is 0 Å². The van der Waals surface area contributed by atoms with Gasteiger partial charge in [-0.2, -0.15) is 0 Å². The summed E-state index contributed by atoms with van der Waals surface area (Å²) in [4.78, 5) is 62.0. The van der Waals surface area contributed by atoms with Crippen LogP contribution in [-0.2, 0) is 36.8 Å². The van der Waals surface area contributed by atoms with Gasteiger partial charge in [-0.25, -0.2) is 4.79 Å². The molecule has 13 nitrogen and oxygen atoms in total. The number of carboxylic acid groups (broad SMARTS) is 2. The number of amides is 3. The number of aliphatic carboxylic acids is 2. The van der Waals surface area contributed by atoms with Crippen molar-refractivity contribution >= 4 is 29.7 Å². The molecule has 2 rings (SSSR count). The van der Waals surface area contributed by atoms with E-state index < -0.39 is 60.2 Å². The molecule has 222 valence electrons. The van der Waals surface area contributed by atoms with E-state index in [1.54, 1.807) is 42.5 Å². The van der Waals surface area contributed by atoms with Crippen LogP contribution in [-0.4, -0.2) is 75.7 Å². The number of carbonyl (C=O) groups excluding carboxylic acids is 3. The van der Waals surface area contributed by atoms with Gasteiger partial charge in [0, 0.05) is 6.42 Å². The molecule has 41 heavy (non-hydrogen) atoms. The molecule has 2 aromatic carbocycles. The first-order valence-electron chi connectivity index (χ1n) is 13.1. The highest BCUT2D eigenvalue weighted by molar-refractivity contribution is 5.94. The SMILES string of the molecule is NCCCCC(NC(=O)C(N)Cc1ccc(O)cc1)C(=O)NC(Cc1ccccc1)C(=O)NC(CC(=O)O)C(=O)O.